The molecule has 1 heterocycles. The number of carbonyl (C=O) groups excluding carboxylic acids is 2. The predicted octanol–water partition coefficient (Wildman–Crippen LogP) is 3.66. The fourth-order valence-electron chi connectivity index (χ4n) is 2.09. The van der Waals surface area contributed by atoms with E-state index in [4.69, 9.17) is 4.74 Å². The Kier molecular flexibility index (Phi) is 5.06. The molecule has 126 valence electrons. The molecule has 3 aromatic rings. The number of thiazole rings is 1. The molecule has 0 spiro atoms. The fraction of sp³-hybridized carbons (Fsp3) is 0.0556. The monoisotopic (exact) mass is 353 g/mol. The second-order valence-electron chi connectivity index (χ2n) is 5.04. The fourth-order valence-corrected chi connectivity index (χ4v) is 2.78. The van der Waals surface area contributed by atoms with Crippen LogP contribution in [0.2, 0.25) is 0 Å². The van der Waals surface area contributed by atoms with Gasteiger partial charge in [0.25, 0.3) is 11.8 Å². The van der Waals surface area contributed by atoms with Gasteiger partial charge in [-0.25, -0.2) is 4.98 Å². The van der Waals surface area contributed by atoms with E-state index in [1.807, 2.05) is 6.07 Å². The van der Waals surface area contributed by atoms with Crippen LogP contribution in [0.5, 0.6) is 5.75 Å². The highest BCUT2D eigenvalue weighted by atomic mass is 32.1. The standard InChI is InChI=1S/C18H15N3O3S/c1-24-14-9-5-8-13(10-14)19-17(23)15-11-25-18(20-15)21-16(22)12-6-3-2-4-7-12/h2-11H,1H3,(H,19,23)(H,20,21,22). The molecule has 0 saturated heterocycles. The molecule has 0 fully saturated rings. The minimum absolute atomic E-state index is 0.233. The molecule has 0 aliphatic rings. The minimum atomic E-state index is -0.357. The predicted molar refractivity (Wildman–Crippen MR) is 97.5 cm³/mol. The molecule has 0 radical (unpaired) electrons. The van der Waals surface area contributed by atoms with Crippen LogP contribution in [0.3, 0.4) is 0 Å². The largest absolute Gasteiger partial charge is 0.497 e. The highest BCUT2D eigenvalue weighted by Gasteiger charge is 2.13. The summed E-state index contributed by atoms with van der Waals surface area (Å²) in [5.74, 6) is 0.0197. The summed E-state index contributed by atoms with van der Waals surface area (Å²) in [5.41, 5.74) is 1.36. The van der Waals surface area contributed by atoms with Gasteiger partial charge in [-0.1, -0.05) is 24.3 Å². The van der Waals surface area contributed by atoms with Crippen molar-refractivity contribution in [2.45, 2.75) is 0 Å². The van der Waals surface area contributed by atoms with Crippen molar-refractivity contribution < 1.29 is 14.3 Å². The summed E-state index contributed by atoms with van der Waals surface area (Å²) in [6.45, 7) is 0. The molecule has 6 nitrogen and oxygen atoms in total. The number of rotatable bonds is 5. The molecule has 3 rings (SSSR count). The Morgan fingerprint density at radius 2 is 1.80 bits per heavy atom. The van der Waals surface area contributed by atoms with Gasteiger partial charge in [-0.3, -0.25) is 14.9 Å². The lowest BCUT2D eigenvalue weighted by atomic mass is 10.2. The molecule has 0 atom stereocenters. The third-order valence-corrected chi connectivity index (χ3v) is 4.08. The number of carbonyl (C=O) groups is 2. The average molecular weight is 353 g/mol. The van der Waals surface area contributed by atoms with Gasteiger partial charge in [0.1, 0.15) is 11.4 Å². The Balaban J connectivity index is 1.66. The van der Waals surface area contributed by atoms with E-state index in [1.165, 1.54) is 11.3 Å². The first-order valence-corrected chi connectivity index (χ1v) is 8.31. The van der Waals surface area contributed by atoms with Crippen molar-refractivity contribution in [3.63, 3.8) is 0 Å². The second-order valence-corrected chi connectivity index (χ2v) is 5.90. The summed E-state index contributed by atoms with van der Waals surface area (Å²) >= 11 is 1.19. The van der Waals surface area contributed by atoms with E-state index < -0.39 is 0 Å². The van der Waals surface area contributed by atoms with Crippen LogP contribution in [0.15, 0.2) is 60.0 Å². The van der Waals surface area contributed by atoms with Crippen LogP contribution < -0.4 is 15.4 Å². The molecule has 2 N–H and O–H groups in total. The van der Waals surface area contributed by atoms with Crippen molar-refractivity contribution in [2.24, 2.45) is 0 Å². The van der Waals surface area contributed by atoms with Crippen molar-refractivity contribution in [1.29, 1.82) is 0 Å². The number of methoxy groups -OCH3 is 1. The van der Waals surface area contributed by atoms with E-state index in [0.29, 0.717) is 22.1 Å². The molecule has 25 heavy (non-hydrogen) atoms. The summed E-state index contributed by atoms with van der Waals surface area (Å²) in [5, 5.41) is 7.39. The van der Waals surface area contributed by atoms with Crippen LogP contribution in [0, 0.1) is 0 Å². The number of anilines is 2. The molecule has 2 amide bonds. The molecule has 0 saturated carbocycles. The van der Waals surface area contributed by atoms with Gasteiger partial charge in [-0.15, -0.1) is 11.3 Å². The second kappa shape index (κ2) is 7.59. The van der Waals surface area contributed by atoms with Gasteiger partial charge >= 0.3 is 0 Å². The summed E-state index contributed by atoms with van der Waals surface area (Å²) in [4.78, 5) is 28.5. The molecular formula is C18H15N3O3S. The highest BCUT2D eigenvalue weighted by Crippen LogP contribution is 2.20. The highest BCUT2D eigenvalue weighted by molar-refractivity contribution is 7.14. The van der Waals surface area contributed by atoms with Crippen LogP contribution in [-0.4, -0.2) is 23.9 Å². The number of amides is 2. The van der Waals surface area contributed by atoms with E-state index in [-0.39, 0.29) is 17.5 Å². The Hall–Kier alpha value is -3.19. The summed E-state index contributed by atoms with van der Waals surface area (Å²) < 4.78 is 5.12. The van der Waals surface area contributed by atoms with Gasteiger partial charge in [-0.2, -0.15) is 0 Å². The quantitative estimate of drug-likeness (QED) is 0.734. The Morgan fingerprint density at radius 1 is 1.00 bits per heavy atom. The number of aromatic nitrogens is 1. The van der Waals surface area contributed by atoms with E-state index in [1.54, 1.807) is 61.0 Å². The first kappa shape index (κ1) is 16.7. The zero-order valence-electron chi connectivity index (χ0n) is 13.4. The first-order chi connectivity index (χ1) is 12.2. The van der Waals surface area contributed by atoms with E-state index in [2.05, 4.69) is 15.6 Å². The van der Waals surface area contributed by atoms with Crippen LogP contribution >= 0.6 is 11.3 Å². The molecule has 2 aromatic carbocycles. The van der Waals surface area contributed by atoms with Crippen LogP contribution in [0.4, 0.5) is 10.8 Å². The zero-order chi connectivity index (χ0) is 17.6. The molecule has 0 unspecified atom stereocenters. The number of hydrogen-bond acceptors (Lipinski definition) is 5. The van der Waals surface area contributed by atoms with Crippen LogP contribution in [-0.2, 0) is 0 Å². The SMILES string of the molecule is COc1cccc(NC(=O)c2csc(NC(=O)c3ccccc3)n2)c1. The lowest BCUT2D eigenvalue weighted by molar-refractivity contribution is 0.101. The maximum Gasteiger partial charge on any atom is 0.275 e. The van der Waals surface area contributed by atoms with Crippen LogP contribution in [0.25, 0.3) is 0 Å². The van der Waals surface area contributed by atoms with Gasteiger partial charge in [0, 0.05) is 22.7 Å². The summed E-state index contributed by atoms with van der Waals surface area (Å²) in [6, 6.07) is 15.8. The summed E-state index contributed by atoms with van der Waals surface area (Å²) in [7, 11) is 1.56. The third-order valence-electron chi connectivity index (χ3n) is 3.32. The molecule has 0 aliphatic heterocycles. The third kappa shape index (κ3) is 4.21. The van der Waals surface area contributed by atoms with Crippen molar-refractivity contribution in [3.8, 4) is 5.75 Å². The molecule has 1 aromatic heterocycles. The zero-order valence-corrected chi connectivity index (χ0v) is 14.2. The van der Waals surface area contributed by atoms with Gasteiger partial charge in [0.15, 0.2) is 5.13 Å². The topological polar surface area (TPSA) is 80.3 Å². The maximum atomic E-state index is 12.3. The van der Waals surface area contributed by atoms with Gasteiger partial charge in [0.2, 0.25) is 0 Å². The van der Waals surface area contributed by atoms with Crippen molar-refractivity contribution in [2.75, 3.05) is 17.7 Å². The molecular weight excluding hydrogens is 338 g/mol. The normalized spacial score (nSPS) is 10.1. The van der Waals surface area contributed by atoms with E-state index in [0.717, 1.165) is 0 Å². The van der Waals surface area contributed by atoms with Crippen molar-refractivity contribution in [3.05, 3.63) is 71.2 Å². The molecule has 0 bridgehead atoms. The minimum Gasteiger partial charge on any atom is -0.497 e. The number of benzene rings is 2. The van der Waals surface area contributed by atoms with Crippen molar-refractivity contribution in [1.82, 2.24) is 4.98 Å². The van der Waals surface area contributed by atoms with Gasteiger partial charge in [0.05, 0.1) is 7.11 Å². The smallest absolute Gasteiger partial charge is 0.275 e. The maximum absolute atomic E-state index is 12.3. The Morgan fingerprint density at radius 3 is 2.56 bits per heavy atom. The molecule has 7 heteroatoms. The number of hydrogen-bond donors (Lipinski definition) is 2. The van der Waals surface area contributed by atoms with Gasteiger partial charge in [-0.05, 0) is 24.3 Å². The lowest BCUT2D eigenvalue weighted by Crippen LogP contribution is -2.14. The average Bonchev–Trinajstić information content (AvgIpc) is 3.11. The number of nitrogens with one attached hydrogen (secondary N) is 2. The first-order valence-electron chi connectivity index (χ1n) is 7.43. The van der Waals surface area contributed by atoms with E-state index >= 15 is 0 Å². The summed E-state index contributed by atoms with van der Waals surface area (Å²) in [6.07, 6.45) is 0. The van der Waals surface area contributed by atoms with E-state index in [9.17, 15) is 9.59 Å². The van der Waals surface area contributed by atoms with Crippen LogP contribution in [0.1, 0.15) is 20.8 Å². The van der Waals surface area contributed by atoms with Gasteiger partial charge < -0.3 is 10.1 Å². The van der Waals surface area contributed by atoms with Crippen molar-refractivity contribution >= 4 is 34.0 Å². The Bertz CT molecular complexity index is 893. The number of nitrogens with zero attached hydrogens (tertiary/aromatic N) is 1. The lowest BCUT2D eigenvalue weighted by Gasteiger charge is -2.05. The molecule has 0 aliphatic carbocycles. The Labute approximate surface area is 148 Å². The number of ether oxygens (including phenoxy) is 1.